The van der Waals surface area contributed by atoms with Crippen molar-refractivity contribution in [3.8, 4) is 5.75 Å². The zero-order chi connectivity index (χ0) is 13.1. The Bertz CT molecular complexity index is 534. The highest BCUT2D eigenvalue weighted by Gasteiger charge is 2.07. The van der Waals surface area contributed by atoms with E-state index in [1.54, 1.807) is 24.3 Å². The van der Waals surface area contributed by atoms with Gasteiger partial charge in [-0.05, 0) is 29.8 Å². The number of phenolic OH excluding ortho intramolecular Hbond substituents is 1. The van der Waals surface area contributed by atoms with Gasteiger partial charge < -0.3 is 10.4 Å². The Morgan fingerprint density at radius 2 is 1.61 bits per heavy atom. The summed E-state index contributed by atoms with van der Waals surface area (Å²) in [4.78, 5) is 0. The van der Waals surface area contributed by atoms with E-state index in [2.05, 4.69) is 5.32 Å². The molecule has 0 unspecified atom stereocenters. The van der Waals surface area contributed by atoms with Gasteiger partial charge in [-0.1, -0.05) is 35.3 Å². The van der Waals surface area contributed by atoms with Gasteiger partial charge in [-0.3, -0.25) is 0 Å². The number of rotatable bonds is 3. The molecule has 0 atom stereocenters. The van der Waals surface area contributed by atoms with Crippen LogP contribution in [0, 0.1) is 5.82 Å². The first-order valence-electron chi connectivity index (χ1n) is 5.22. The maximum Gasteiger partial charge on any atom is 0.160 e. The van der Waals surface area contributed by atoms with Crippen molar-refractivity contribution in [1.29, 1.82) is 0 Å². The van der Waals surface area contributed by atoms with Gasteiger partial charge in [-0.15, -0.1) is 0 Å². The molecule has 2 N–H and O–H groups in total. The van der Waals surface area contributed by atoms with Gasteiger partial charge >= 0.3 is 0 Å². The third-order valence-electron chi connectivity index (χ3n) is 2.42. The molecule has 94 valence electrons. The fraction of sp³-hybridized carbons (Fsp3) is 0.0769. The van der Waals surface area contributed by atoms with Crippen molar-refractivity contribution >= 4 is 28.9 Å². The van der Waals surface area contributed by atoms with Gasteiger partial charge in [0.1, 0.15) is 5.75 Å². The van der Waals surface area contributed by atoms with E-state index in [0.717, 1.165) is 5.56 Å². The van der Waals surface area contributed by atoms with Crippen LogP contribution < -0.4 is 5.32 Å². The van der Waals surface area contributed by atoms with Crippen LogP contribution in [0.3, 0.4) is 0 Å². The number of aromatic hydroxyl groups is 1. The molecule has 0 saturated heterocycles. The third-order valence-corrected chi connectivity index (χ3v) is 2.97. The van der Waals surface area contributed by atoms with Crippen LogP contribution in [-0.2, 0) is 6.54 Å². The molecule has 0 saturated carbocycles. The second kappa shape index (κ2) is 5.46. The largest absolute Gasteiger partial charge is 0.508 e. The lowest BCUT2D eigenvalue weighted by atomic mass is 10.2. The number of halogens is 3. The summed E-state index contributed by atoms with van der Waals surface area (Å²) in [6.45, 7) is 0.526. The maximum absolute atomic E-state index is 13.2. The highest BCUT2D eigenvalue weighted by atomic mass is 35.5. The fourth-order valence-electron chi connectivity index (χ4n) is 1.48. The summed E-state index contributed by atoms with van der Waals surface area (Å²) in [7, 11) is 0. The van der Waals surface area contributed by atoms with Crippen LogP contribution in [0.1, 0.15) is 5.56 Å². The zero-order valence-electron chi connectivity index (χ0n) is 9.25. The van der Waals surface area contributed by atoms with Crippen molar-refractivity contribution < 1.29 is 9.50 Å². The van der Waals surface area contributed by atoms with E-state index in [-0.39, 0.29) is 15.8 Å². The Hall–Kier alpha value is -1.45. The molecule has 0 aliphatic heterocycles. The molecule has 2 aromatic carbocycles. The van der Waals surface area contributed by atoms with Crippen LogP contribution >= 0.6 is 23.2 Å². The van der Waals surface area contributed by atoms with E-state index in [9.17, 15) is 4.39 Å². The van der Waals surface area contributed by atoms with Gasteiger partial charge in [0.25, 0.3) is 0 Å². The number of anilines is 1. The molecule has 0 aliphatic carbocycles. The lowest BCUT2D eigenvalue weighted by Crippen LogP contribution is -1.99. The van der Waals surface area contributed by atoms with E-state index in [0.29, 0.717) is 12.2 Å². The fourth-order valence-corrected chi connectivity index (χ4v) is 1.96. The molecule has 0 fully saturated rings. The summed E-state index contributed by atoms with van der Waals surface area (Å²) in [5.74, 6) is -0.403. The van der Waals surface area contributed by atoms with Crippen molar-refractivity contribution in [2.24, 2.45) is 0 Å². The van der Waals surface area contributed by atoms with Crippen molar-refractivity contribution in [2.45, 2.75) is 6.54 Å². The van der Waals surface area contributed by atoms with Gasteiger partial charge in [0, 0.05) is 12.2 Å². The standard InChI is InChI=1S/C13H10Cl2FNO/c14-11-5-9(6-12(15)13(11)16)17-7-8-1-3-10(18)4-2-8/h1-6,17-18H,7H2. The number of benzene rings is 2. The van der Waals surface area contributed by atoms with Crippen LogP contribution in [0.4, 0.5) is 10.1 Å². The SMILES string of the molecule is Oc1ccc(CNc2cc(Cl)c(F)c(Cl)c2)cc1. The Labute approximate surface area is 114 Å². The van der Waals surface area contributed by atoms with Crippen LogP contribution in [0.25, 0.3) is 0 Å². The summed E-state index contributed by atoms with van der Waals surface area (Å²) in [5, 5.41) is 12.2. The summed E-state index contributed by atoms with van der Waals surface area (Å²) < 4.78 is 13.2. The number of phenols is 1. The molecule has 2 rings (SSSR count). The van der Waals surface area contributed by atoms with Gasteiger partial charge in [0.05, 0.1) is 10.0 Å². The quantitative estimate of drug-likeness (QED) is 0.817. The summed E-state index contributed by atoms with van der Waals surface area (Å²) in [6, 6.07) is 9.72. The molecule has 18 heavy (non-hydrogen) atoms. The minimum absolute atomic E-state index is 0.0179. The minimum atomic E-state index is -0.617. The van der Waals surface area contributed by atoms with Crippen molar-refractivity contribution in [1.82, 2.24) is 0 Å². The third kappa shape index (κ3) is 3.06. The Balaban J connectivity index is 2.08. The molecule has 0 aromatic heterocycles. The molecule has 0 spiro atoms. The Morgan fingerprint density at radius 1 is 1.06 bits per heavy atom. The van der Waals surface area contributed by atoms with Crippen LogP contribution in [0.5, 0.6) is 5.75 Å². The summed E-state index contributed by atoms with van der Waals surface area (Å²) >= 11 is 11.4. The topological polar surface area (TPSA) is 32.3 Å². The highest BCUT2D eigenvalue weighted by Crippen LogP contribution is 2.27. The van der Waals surface area contributed by atoms with E-state index in [1.165, 1.54) is 12.1 Å². The van der Waals surface area contributed by atoms with Crippen LogP contribution in [0.15, 0.2) is 36.4 Å². The Kier molecular flexibility index (Phi) is 3.94. The van der Waals surface area contributed by atoms with Gasteiger partial charge in [-0.2, -0.15) is 0 Å². The van der Waals surface area contributed by atoms with Gasteiger partial charge in [0.2, 0.25) is 0 Å². The first kappa shape index (κ1) is 13.0. The monoisotopic (exact) mass is 285 g/mol. The summed E-state index contributed by atoms with van der Waals surface area (Å²) in [6.07, 6.45) is 0. The smallest absolute Gasteiger partial charge is 0.160 e. The van der Waals surface area contributed by atoms with E-state index in [4.69, 9.17) is 28.3 Å². The van der Waals surface area contributed by atoms with Crippen LogP contribution in [-0.4, -0.2) is 5.11 Å². The van der Waals surface area contributed by atoms with Crippen molar-refractivity contribution in [3.05, 3.63) is 57.8 Å². The second-order valence-corrected chi connectivity index (χ2v) is 4.59. The van der Waals surface area contributed by atoms with Crippen LogP contribution in [0.2, 0.25) is 10.0 Å². The average Bonchev–Trinajstić information content (AvgIpc) is 2.35. The molecule has 0 aliphatic rings. The second-order valence-electron chi connectivity index (χ2n) is 3.77. The number of hydrogen-bond donors (Lipinski definition) is 2. The molecule has 0 bridgehead atoms. The predicted molar refractivity (Wildman–Crippen MR) is 71.9 cm³/mol. The lowest BCUT2D eigenvalue weighted by Gasteiger charge is -2.08. The molecule has 0 amide bonds. The number of hydrogen-bond acceptors (Lipinski definition) is 2. The van der Waals surface area contributed by atoms with E-state index >= 15 is 0 Å². The molecular weight excluding hydrogens is 276 g/mol. The lowest BCUT2D eigenvalue weighted by molar-refractivity contribution is 0.475. The van der Waals surface area contributed by atoms with E-state index in [1.807, 2.05) is 0 Å². The number of nitrogens with one attached hydrogen (secondary N) is 1. The van der Waals surface area contributed by atoms with E-state index < -0.39 is 5.82 Å². The normalized spacial score (nSPS) is 10.4. The molecule has 0 heterocycles. The molecule has 5 heteroatoms. The Morgan fingerprint density at radius 3 is 2.17 bits per heavy atom. The molecule has 2 nitrogen and oxygen atoms in total. The molecular formula is C13H10Cl2FNO. The molecule has 2 aromatic rings. The molecule has 0 radical (unpaired) electrons. The first-order chi connectivity index (χ1) is 8.56. The van der Waals surface area contributed by atoms with Crippen molar-refractivity contribution in [2.75, 3.05) is 5.32 Å². The minimum Gasteiger partial charge on any atom is -0.508 e. The van der Waals surface area contributed by atoms with Gasteiger partial charge in [-0.25, -0.2) is 4.39 Å². The van der Waals surface area contributed by atoms with Gasteiger partial charge in [0.15, 0.2) is 5.82 Å². The zero-order valence-corrected chi connectivity index (χ0v) is 10.8. The predicted octanol–water partition coefficient (Wildman–Crippen LogP) is 4.45. The highest BCUT2D eigenvalue weighted by molar-refractivity contribution is 6.35. The summed E-state index contributed by atoms with van der Waals surface area (Å²) in [5.41, 5.74) is 1.61. The van der Waals surface area contributed by atoms with Crippen molar-refractivity contribution in [3.63, 3.8) is 0 Å². The first-order valence-corrected chi connectivity index (χ1v) is 5.98. The average molecular weight is 286 g/mol. The maximum atomic E-state index is 13.2.